The van der Waals surface area contributed by atoms with Gasteiger partial charge in [-0.2, -0.15) is 0 Å². The van der Waals surface area contributed by atoms with E-state index in [1.54, 1.807) is 0 Å². The lowest BCUT2D eigenvalue weighted by Gasteiger charge is -2.35. The molecule has 1 aliphatic heterocycles. The molecule has 1 aliphatic rings. The number of aliphatic hydroxyl groups excluding tert-OH is 1. The lowest BCUT2D eigenvalue weighted by atomic mass is 9.94. The molecule has 0 bridgehead atoms. The molecule has 0 aromatic heterocycles. The minimum atomic E-state index is -0.0181. The molecule has 25 heavy (non-hydrogen) atoms. The minimum Gasteiger partial charge on any atom is -0.394 e. The van der Waals surface area contributed by atoms with Crippen LogP contribution in [-0.4, -0.2) is 16.6 Å². The molecule has 0 radical (unpaired) electrons. The highest BCUT2D eigenvalue weighted by atomic mass is 16.3. The van der Waals surface area contributed by atoms with Crippen LogP contribution in [-0.2, 0) is 6.54 Å². The van der Waals surface area contributed by atoms with Gasteiger partial charge in [-0.25, -0.2) is 0 Å². The summed E-state index contributed by atoms with van der Waals surface area (Å²) >= 11 is 0. The number of rotatable bonds is 3. The Labute approximate surface area is 149 Å². The predicted molar refractivity (Wildman–Crippen MR) is 102 cm³/mol. The molecule has 0 aliphatic carbocycles. The third-order valence-corrected chi connectivity index (χ3v) is 5.33. The van der Waals surface area contributed by atoms with Gasteiger partial charge in [0.1, 0.15) is 0 Å². The Hall–Kier alpha value is -2.42. The Balaban J connectivity index is 1.85. The molecule has 3 aromatic carbocycles. The van der Waals surface area contributed by atoms with E-state index in [-0.39, 0.29) is 18.7 Å². The van der Waals surface area contributed by atoms with Gasteiger partial charge in [0.15, 0.2) is 0 Å². The van der Waals surface area contributed by atoms with Crippen LogP contribution in [0.1, 0.15) is 35.7 Å². The van der Waals surface area contributed by atoms with Crippen LogP contribution in [0.5, 0.6) is 0 Å². The molecule has 1 N–H and O–H groups in total. The predicted octanol–water partition coefficient (Wildman–Crippen LogP) is 4.96. The summed E-state index contributed by atoms with van der Waals surface area (Å²) in [7, 11) is 0. The molecule has 0 fully saturated rings. The van der Waals surface area contributed by atoms with E-state index < -0.39 is 0 Å². The largest absolute Gasteiger partial charge is 0.394 e. The molecule has 2 atom stereocenters. The van der Waals surface area contributed by atoms with Crippen LogP contribution in [0.4, 0.5) is 0 Å². The summed E-state index contributed by atoms with van der Waals surface area (Å²) in [6.45, 7) is 3.18. The fraction of sp³-hybridized carbons (Fsp3) is 0.217. The van der Waals surface area contributed by atoms with Crippen molar-refractivity contribution in [3.63, 3.8) is 0 Å². The quantitative estimate of drug-likeness (QED) is 0.734. The highest BCUT2D eigenvalue weighted by Gasteiger charge is 2.30. The van der Waals surface area contributed by atoms with E-state index in [9.17, 15) is 5.11 Å². The Kier molecular flexibility index (Phi) is 4.39. The van der Waals surface area contributed by atoms with E-state index in [4.69, 9.17) is 0 Å². The maximum absolute atomic E-state index is 10.2. The van der Waals surface area contributed by atoms with Crippen LogP contribution in [0.15, 0.2) is 78.9 Å². The average Bonchev–Trinajstić information content (AvgIpc) is 2.80. The van der Waals surface area contributed by atoms with Gasteiger partial charge in [0.25, 0.3) is 0 Å². The first-order valence-corrected chi connectivity index (χ1v) is 8.88. The number of benzene rings is 3. The summed E-state index contributed by atoms with van der Waals surface area (Å²) in [4.78, 5) is 2.42. The number of nitrogens with zero attached hydrogens (tertiary/aromatic N) is 1. The van der Waals surface area contributed by atoms with Crippen molar-refractivity contribution < 1.29 is 5.11 Å². The molecule has 2 heteroatoms. The SMILES string of the molecule is CC1c2ccccc2-c2ccccc2CN1C(CO)c1ccccc1. The van der Waals surface area contributed by atoms with Gasteiger partial charge >= 0.3 is 0 Å². The number of hydrogen-bond acceptors (Lipinski definition) is 2. The summed E-state index contributed by atoms with van der Waals surface area (Å²) in [6.07, 6.45) is 0. The molecule has 1 heterocycles. The van der Waals surface area contributed by atoms with Crippen molar-refractivity contribution in [2.24, 2.45) is 0 Å². The fourth-order valence-electron chi connectivity index (χ4n) is 4.00. The van der Waals surface area contributed by atoms with E-state index in [0.29, 0.717) is 0 Å². The van der Waals surface area contributed by atoms with Crippen LogP contribution >= 0.6 is 0 Å². The van der Waals surface area contributed by atoms with Crippen molar-refractivity contribution in [2.45, 2.75) is 25.6 Å². The molecule has 126 valence electrons. The van der Waals surface area contributed by atoms with Crippen molar-refractivity contribution in [3.8, 4) is 11.1 Å². The third kappa shape index (κ3) is 2.88. The minimum absolute atomic E-state index is 0.0181. The van der Waals surface area contributed by atoms with Crippen LogP contribution in [0.3, 0.4) is 0 Å². The van der Waals surface area contributed by atoms with Gasteiger partial charge < -0.3 is 5.11 Å². The molecular formula is C23H23NO. The fourth-order valence-corrected chi connectivity index (χ4v) is 4.00. The molecule has 2 unspecified atom stereocenters. The van der Waals surface area contributed by atoms with Crippen LogP contribution < -0.4 is 0 Å². The average molecular weight is 329 g/mol. The van der Waals surface area contributed by atoms with E-state index >= 15 is 0 Å². The second-order valence-electron chi connectivity index (χ2n) is 6.70. The van der Waals surface area contributed by atoms with Gasteiger partial charge in [-0.15, -0.1) is 0 Å². The highest BCUT2D eigenvalue weighted by molar-refractivity contribution is 5.72. The van der Waals surface area contributed by atoms with E-state index in [1.165, 1.54) is 22.3 Å². The maximum Gasteiger partial charge on any atom is 0.0628 e. The lowest BCUT2D eigenvalue weighted by molar-refractivity contribution is 0.0825. The third-order valence-electron chi connectivity index (χ3n) is 5.33. The lowest BCUT2D eigenvalue weighted by Crippen LogP contribution is -2.32. The van der Waals surface area contributed by atoms with Crippen LogP contribution in [0, 0.1) is 0 Å². The van der Waals surface area contributed by atoms with Crippen molar-refractivity contribution in [1.29, 1.82) is 0 Å². The highest BCUT2D eigenvalue weighted by Crippen LogP contribution is 2.41. The zero-order valence-corrected chi connectivity index (χ0v) is 14.5. The first-order valence-electron chi connectivity index (χ1n) is 8.88. The number of aliphatic hydroxyl groups is 1. The molecule has 2 nitrogen and oxygen atoms in total. The van der Waals surface area contributed by atoms with Gasteiger partial charge in [0.05, 0.1) is 12.6 Å². The second kappa shape index (κ2) is 6.83. The molecule has 4 rings (SSSR count). The smallest absolute Gasteiger partial charge is 0.0628 e. The zero-order chi connectivity index (χ0) is 17.2. The van der Waals surface area contributed by atoms with E-state index in [0.717, 1.165) is 12.1 Å². The molecule has 0 saturated heterocycles. The van der Waals surface area contributed by atoms with E-state index in [1.807, 2.05) is 18.2 Å². The Morgan fingerprint density at radius 3 is 2.28 bits per heavy atom. The van der Waals surface area contributed by atoms with Gasteiger partial charge in [0.2, 0.25) is 0 Å². The number of hydrogen-bond donors (Lipinski definition) is 1. The molecule has 3 aromatic rings. The van der Waals surface area contributed by atoms with E-state index in [2.05, 4.69) is 72.5 Å². The van der Waals surface area contributed by atoms with Crippen molar-refractivity contribution >= 4 is 0 Å². The molecular weight excluding hydrogens is 306 g/mol. The molecule has 0 saturated carbocycles. The van der Waals surface area contributed by atoms with Crippen molar-refractivity contribution in [1.82, 2.24) is 4.90 Å². The van der Waals surface area contributed by atoms with Crippen LogP contribution in [0.25, 0.3) is 11.1 Å². The Morgan fingerprint density at radius 1 is 0.880 bits per heavy atom. The summed E-state index contributed by atoms with van der Waals surface area (Å²) in [5.74, 6) is 0. The van der Waals surface area contributed by atoms with Crippen LogP contribution in [0.2, 0.25) is 0 Å². The topological polar surface area (TPSA) is 23.5 Å². The second-order valence-corrected chi connectivity index (χ2v) is 6.70. The Morgan fingerprint density at radius 2 is 1.52 bits per heavy atom. The molecule has 0 amide bonds. The standard InChI is InChI=1S/C23H23NO/c1-17-20-12-7-8-14-22(20)21-13-6-5-11-19(21)15-24(17)23(16-25)18-9-3-2-4-10-18/h2-14,17,23,25H,15-16H2,1H3. The Bertz CT molecular complexity index is 859. The summed E-state index contributed by atoms with van der Waals surface area (Å²) in [6, 6.07) is 27.8. The first kappa shape index (κ1) is 16.1. The van der Waals surface area contributed by atoms with Gasteiger partial charge in [-0.05, 0) is 34.7 Å². The van der Waals surface area contributed by atoms with Gasteiger partial charge in [-0.3, -0.25) is 4.90 Å². The first-order chi connectivity index (χ1) is 12.3. The van der Waals surface area contributed by atoms with Crippen molar-refractivity contribution in [2.75, 3.05) is 6.61 Å². The normalized spacial score (nSPS) is 18.1. The van der Waals surface area contributed by atoms with Crippen molar-refractivity contribution in [3.05, 3.63) is 95.6 Å². The van der Waals surface area contributed by atoms with Gasteiger partial charge in [-0.1, -0.05) is 78.9 Å². The number of fused-ring (bicyclic) bond motifs is 3. The van der Waals surface area contributed by atoms with Gasteiger partial charge in [0, 0.05) is 12.6 Å². The summed E-state index contributed by atoms with van der Waals surface area (Å²) in [5, 5.41) is 10.2. The zero-order valence-electron chi connectivity index (χ0n) is 14.5. The summed E-state index contributed by atoms with van der Waals surface area (Å²) in [5.41, 5.74) is 6.40. The summed E-state index contributed by atoms with van der Waals surface area (Å²) < 4.78 is 0. The molecule has 0 spiro atoms. The maximum atomic E-state index is 10.2. The monoisotopic (exact) mass is 329 g/mol.